The molecule has 2 unspecified atom stereocenters. The lowest BCUT2D eigenvalue weighted by Crippen LogP contribution is -2.40. The quantitative estimate of drug-likeness (QED) is 0.786. The minimum absolute atomic E-state index is 0.536. The van der Waals surface area contributed by atoms with Gasteiger partial charge in [0.25, 0.3) is 0 Å². The van der Waals surface area contributed by atoms with Crippen LogP contribution in [0.25, 0.3) is 0 Å². The standard InChI is InChI=1S/C13H22N2/c1-11-10-13(2,3)7-6-12(11)14-15-8-4-5-9-15/h4-5,8-9,11-12,14H,6-7,10H2,1-3H3. The van der Waals surface area contributed by atoms with Crippen LogP contribution in [0.1, 0.15) is 40.0 Å². The molecular weight excluding hydrogens is 184 g/mol. The van der Waals surface area contributed by atoms with Crippen LogP contribution in [0.3, 0.4) is 0 Å². The molecule has 1 N–H and O–H groups in total. The summed E-state index contributed by atoms with van der Waals surface area (Å²) in [5.41, 5.74) is 4.10. The van der Waals surface area contributed by atoms with E-state index in [0.717, 1.165) is 5.92 Å². The first kappa shape index (κ1) is 10.6. The van der Waals surface area contributed by atoms with Gasteiger partial charge in [-0.3, -0.25) is 4.68 Å². The highest BCUT2D eigenvalue weighted by Crippen LogP contribution is 2.38. The van der Waals surface area contributed by atoms with E-state index in [9.17, 15) is 0 Å². The molecular formula is C13H22N2. The largest absolute Gasteiger partial charge is 0.323 e. The molecule has 1 heterocycles. The molecule has 1 aromatic rings. The minimum atomic E-state index is 0.536. The van der Waals surface area contributed by atoms with Crippen molar-refractivity contribution in [2.24, 2.45) is 11.3 Å². The van der Waals surface area contributed by atoms with Crippen molar-refractivity contribution >= 4 is 0 Å². The molecule has 1 aromatic heterocycles. The van der Waals surface area contributed by atoms with Crippen LogP contribution in [0.5, 0.6) is 0 Å². The van der Waals surface area contributed by atoms with E-state index in [4.69, 9.17) is 0 Å². The van der Waals surface area contributed by atoms with Gasteiger partial charge in [-0.25, -0.2) is 0 Å². The Morgan fingerprint density at radius 1 is 1.27 bits per heavy atom. The van der Waals surface area contributed by atoms with Crippen molar-refractivity contribution in [1.29, 1.82) is 0 Å². The smallest absolute Gasteiger partial charge is 0.0450 e. The Morgan fingerprint density at radius 2 is 1.93 bits per heavy atom. The molecule has 1 aliphatic carbocycles. The van der Waals surface area contributed by atoms with E-state index < -0.39 is 0 Å². The van der Waals surface area contributed by atoms with Gasteiger partial charge in [0.15, 0.2) is 0 Å². The van der Waals surface area contributed by atoms with Crippen LogP contribution in [0.2, 0.25) is 0 Å². The van der Waals surface area contributed by atoms with Crippen molar-refractivity contribution in [2.75, 3.05) is 5.43 Å². The second kappa shape index (κ2) is 3.92. The van der Waals surface area contributed by atoms with Crippen molar-refractivity contribution in [3.05, 3.63) is 24.5 Å². The lowest BCUT2D eigenvalue weighted by atomic mass is 9.71. The Hall–Kier alpha value is -0.920. The normalized spacial score (nSPS) is 30.1. The van der Waals surface area contributed by atoms with Crippen molar-refractivity contribution in [3.63, 3.8) is 0 Å². The van der Waals surface area contributed by atoms with Crippen LogP contribution in [0.15, 0.2) is 24.5 Å². The van der Waals surface area contributed by atoms with Crippen LogP contribution >= 0.6 is 0 Å². The number of nitrogens with zero attached hydrogens (tertiary/aromatic N) is 1. The van der Waals surface area contributed by atoms with Gasteiger partial charge < -0.3 is 5.43 Å². The molecule has 0 spiro atoms. The van der Waals surface area contributed by atoms with Gasteiger partial charge in [-0.05, 0) is 42.7 Å². The topological polar surface area (TPSA) is 17.0 Å². The first-order valence-corrected chi connectivity index (χ1v) is 5.96. The molecule has 1 aliphatic rings. The SMILES string of the molecule is CC1CC(C)(C)CCC1Nn1cccc1. The Bertz CT molecular complexity index is 300. The van der Waals surface area contributed by atoms with Gasteiger partial charge >= 0.3 is 0 Å². The van der Waals surface area contributed by atoms with E-state index in [1.54, 1.807) is 0 Å². The molecule has 0 amide bonds. The lowest BCUT2D eigenvalue weighted by molar-refractivity contribution is 0.171. The zero-order chi connectivity index (χ0) is 10.9. The number of rotatable bonds is 2. The average molecular weight is 206 g/mol. The maximum atomic E-state index is 3.57. The van der Waals surface area contributed by atoms with Crippen LogP contribution in [0.4, 0.5) is 0 Å². The van der Waals surface area contributed by atoms with E-state index in [1.807, 2.05) is 0 Å². The molecule has 2 nitrogen and oxygen atoms in total. The maximum absolute atomic E-state index is 3.57. The molecule has 1 saturated carbocycles. The van der Waals surface area contributed by atoms with E-state index in [-0.39, 0.29) is 0 Å². The highest BCUT2D eigenvalue weighted by molar-refractivity contribution is 4.98. The number of hydrogen-bond donors (Lipinski definition) is 1. The predicted molar refractivity (Wildman–Crippen MR) is 64.4 cm³/mol. The maximum Gasteiger partial charge on any atom is 0.0450 e. The molecule has 0 radical (unpaired) electrons. The van der Waals surface area contributed by atoms with Gasteiger partial charge in [0.05, 0.1) is 0 Å². The molecule has 1 fully saturated rings. The van der Waals surface area contributed by atoms with E-state index in [0.29, 0.717) is 11.5 Å². The number of nitrogens with one attached hydrogen (secondary N) is 1. The van der Waals surface area contributed by atoms with Crippen molar-refractivity contribution < 1.29 is 0 Å². The Balaban J connectivity index is 1.95. The summed E-state index contributed by atoms with van der Waals surface area (Å²) in [5.74, 6) is 0.760. The zero-order valence-electron chi connectivity index (χ0n) is 10.0. The number of hydrogen-bond acceptors (Lipinski definition) is 1. The first-order valence-electron chi connectivity index (χ1n) is 5.96. The third kappa shape index (κ3) is 2.55. The second-order valence-electron chi connectivity index (χ2n) is 5.71. The van der Waals surface area contributed by atoms with E-state index in [2.05, 4.69) is 55.4 Å². The molecule has 15 heavy (non-hydrogen) atoms. The third-order valence-electron chi connectivity index (χ3n) is 3.61. The fraction of sp³-hybridized carbons (Fsp3) is 0.692. The fourth-order valence-corrected chi connectivity index (χ4v) is 2.75. The summed E-state index contributed by atoms with van der Waals surface area (Å²) < 4.78 is 2.08. The van der Waals surface area contributed by atoms with Crippen molar-refractivity contribution in [2.45, 2.75) is 46.1 Å². The third-order valence-corrected chi connectivity index (χ3v) is 3.61. The summed E-state index contributed by atoms with van der Waals surface area (Å²) in [7, 11) is 0. The van der Waals surface area contributed by atoms with Gasteiger partial charge in [-0.15, -0.1) is 0 Å². The summed E-state index contributed by atoms with van der Waals surface area (Å²) in [4.78, 5) is 0. The average Bonchev–Trinajstić information content (AvgIpc) is 2.61. The predicted octanol–water partition coefficient (Wildman–Crippen LogP) is 3.25. The zero-order valence-corrected chi connectivity index (χ0v) is 10.0. The molecule has 0 saturated heterocycles. The van der Waals surface area contributed by atoms with Crippen LogP contribution in [-0.4, -0.2) is 10.7 Å². The van der Waals surface area contributed by atoms with Gasteiger partial charge in [-0.1, -0.05) is 20.8 Å². The van der Waals surface area contributed by atoms with E-state index in [1.165, 1.54) is 19.3 Å². The summed E-state index contributed by atoms with van der Waals surface area (Å²) in [5, 5.41) is 0. The molecule has 2 heteroatoms. The van der Waals surface area contributed by atoms with E-state index >= 15 is 0 Å². The molecule has 2 rings (SSSR count). The summed E-state index contributed by atoms with van der Waals surface area (Å²) >= 11 is 0. The van der Waals surface area contributed by atoms with Crippen LogP contribution in [0, 0.1) is 11.3 Å². The molecule has 84 valence electrons. The van der Waals surface area contributed by atoms with Crippen LogP contribution < -0.4 is 5.43 Å². The highest BCUT2D eigenvalue weighted by atomic mass is 15.4. The Labute approximate surface area is 92.6 Å². The van der Waals surface area contributed by atoms with Gasteiger partial charge in [0.2, 0.25) is 0 Å². The molecule has 2 atom stereocenters. The monoisotopic (exact) mass is 206 g/mol. The molecule has 0 aliphatic heterocycles. The lowest BCUT2D eigenvalue weighted by Gasteiger charge is -2.39. The summed E-state index contributed by atoms with van der Waals surface area (Å²) in [6.07, 6.45) is 8.09. The Kier molecular flexibility index (Phi) is 2.76. The van der Waals surface area contributed by atoms with Gasteiger partial charge in [-0.2, -0.15) is 0 Å². The first-order chi connectivity index (χ1) is 7.07. The highest BCUT2D eigenvalue weighted by Gasteiger charge is 2.32. The van der Waals surface area contributed by atoms with Gasteiger partial charge in [0, 0.05) is 18.4 Å². The summed E-state index contributed by atoms with van der Waals surface area (Å²) in [6, 6.07) is 4.75. The summed E-state index contributed by atoms with van der Waals surface area (Å²) in [6.45, 7) is 7.13. The second-order valence-corrected chi connectivity index (χ2v) is 5.71. The molecule has 0 bridgehead atoms. The van der Waals surface area contributed by atoms with Gasteiger partial charge in [0.1, 0.15) is 0 Å². The molecule has 0 aromatic carbocycles. The van der Waals surface area contributed by atoms with Crippen molar-refractivity contribution in [3.8, 4) is 0 Å². The van der Waals surface area contributed by atoms with Crippen LogP contribution in [-0.2, 0) is 0 Å². The number of aromatic nitrogens is 1. The fourth-order valence-electron chi connectivity index (χ4n) is 2.75. The minimum Gasteiger partial charge on any atom is -0.323 e. The Morgan fingerprint density at radius 3 is 2.53 bits per heavy atom. The van der Waals surface area contributed by atoms with Crippen molar-refractivity contribution in [1.82, 2.24) is 4.68 Å².